The molecule has 0 aromatic heterocycles. The van der Waals surface area contributed by atoms with Crippen LogP contribution in [0.1, 0.15) is 19.8 Å². The van der Waals surface area contributed by atoms with Crippen LogP contribution in [-0.2, 0) is 14.3 Å². The summed E-state index contributed by atoms with van der Waals surface area (Å²) in [5.41, 5.74) is 1.23. The van der Waals surface area contributed by atoms with Gasteiger partial charge in [-0.1, -0.05) is 6.92 Å². The van der Waals surface area contributed by atoms with Gasteiger partial charge in [0, 0.05) is 44.5 Å². The number of aliphatic carboxylic acids is 1. The number of hydrogen-bond donors (Lipinski definition) is 1. The lowest BCUT2D eigenvalue weighted by atomic mass is 9.97. The van der Waals surface area contributed by atoms with Gasteiger partial charge in [-0.15, -0.1) is 4.91 Å². The summed E-state index contributed by atoms with van der Waals surface area (Å²) >= 11 is 0. The van der Waals surface area contributed by atoms with Crippen LogP contribution in [-0.4, -0.2) is 50.1 Å². The maximum Gasteiger partial charge on any atom is 0.305 e. The molecule has 0 spiro atoms. The number of methoxy groups -OCH3 is 1. The Bertz CT molecular complexity index is 548. The van der Waals surface area contributed by atoms with Crippen molar-refractivity contribution in [3.63, 3.8) is 0 Å². The fourth-order valence-corrected chi connectivity index (χ4v) is 3.15. The van der Waals surface area contributed by atoms with Gasteiger partial charge in [0.2, 0.25) is 0 Å². The highest BCUT2D eigenvalue weighted by Crippen LogP contribution is 2.34. The summed E-state index contributed by atoms with van der Waals surface area (Å²) in [5, 5.41) is 12.1. The average Bonchev–Trinajstić information content (AvgIpc) is 2.88. The molecule has 1 saturated heterocycles. The number of carboxylic acid groups (broad SMARTS) is 1. The van der Waals surface area contributed by atoms with Gasteiger partial charge in [-0.05, 0) is 35.9 Å². The lowest BCUT2D eigenvalue weighted by Gasteiger charge is -2.27. The summed E-state index contributed by atoms with van der Waals surface area (Å²) in [4.78, 5) is 23.8. The minimum atomic E-state index is -0.830. The Morgan fingerprint density at radius 3 is 2.62 bits per heavy atom. The van der Waals surface area contributed by atoms with E-state index in [4.69, 9.17) is 9.47 Å². The van der Waals surface area contributed by atoms with Gasteiger partial charge in [-0.2, -0.15) is 0 Å². The summed E-state index contributed by atoms with van der Waals surface area (Å²) < 4.78 is 11.0. The zero-order valence-electron chi connectivity index (χ0n) is 14.1. The highest BCUT2D eigenvalue weighted by molar-refractivity contribution is 5.69. The highest BCUT2D eigenvalue weighted by atomic mass is 16.5. The molecule has 0 radical (unpaired) electrons. The summed E-state index contributed by atoms with van der Waals surface area (Å²) in [5.74, 6) is -0.740. The minimum absolute atomic E-state index is 0.0323. The second-order valence-corrected chi connectivity index (χ2v) is 6.04. The fourth-order valence-electron chi connectivity index (χ4n) is 3.15. The number of hydrogen-bond acceptors (Lipinski definition) is 6. The van der Waals surface area contributed by atoms with Crippen LogP contribution in [0.3, 0.4) is 0 Å². The van der Waals surface area contributed by atoms with Gasteiger partial charge in [0.05, 0.1) is 12.5 Å². The monoisotopic (exact) mass is 336 g/mol. The van der Waals surface area contributed by atoms with Crippen molar-refractivity contribution < 1.29 is 19.4 Å². The van der Waals surface area contributed by atoms with E-state index < -0.39 is 5.97 Å². The number of carboxylic acids is 1. The molecule has 0 aliphatic carbocycles. The van der Waals surface area contributed by atoms with Crippen LogP contribution in [0.15, 0.2) is 29.4 Å². The van der Waals surface area contributed by atoms with Gasteiger partial charge in [-0.3, -0.25) is 4.79 Å². The summed E-state index contributed by atoms with van der Waals surface area (Å²) in [7, 11) is 1.65. The van der Waals surface area contributed by atoms with Crippen LogP contribution in [0, 0.1) is 10.8 Å². The third-order valence-electron chi connectivity index (χ3n) is 4.47. The molecule has 0 saturated carbocycles. The normalized spacial score (nSPS) is 23.4. The van der Waals surface area contributed by atoms with Crippen molar-refractivity contribution >= 4 is 17.3 Å². The van der Waals surface area contributed by atoms with E-state index in [-0.39, 0.29) is 24.5 Å². The van der Waals surface area contributed by atoms with Crippen molar-refractivity contribution in [2.24, 2.45) is 11.1 Å². The molecular weight excluding hydrogens is 312 g/mol. The smallest absolute Gasteiger partial charge is 0.305 e. The van der Waals surface area contributed by atoms with Crippen LogP contribution >= 0.6 is 0 Å². The van der Waals surface area contributed by atoms with E-state index in [0.717, 1.165) is 12.1 Å². The number of benzene rings is 1. The number of anilines is 1. The summed E-state index contributed by atoms with van der Waals surface area (Å²) in [6.07, 6.45) is 0.825. The van der Waals surface area contributed by atoms with E-state index in [1.54, 1.807) is 31.4 Å². The van der Waals surface area contributed by atoms with Gasteiger partial charge in [0.15, 0.2) is 0 Å². The largest absolute Gasteiger partial charge is 0.481 e. The zero-order valence-corrected chi connectivity index (χ0v) is 14.1. The molecule has 24 heavy (non-hydrogen) atoms. The number of nitrogens with zero attached hydrogens (tertiary/aromatic N) is 2. The predicted molar refractivity (Wildman–Crippen MR) is 90.7 cm³/mol. The molecular formula is C17H24N2O5. The average molecular weight is 336 g/mol. The molecule has 1 heterocycles. The van der Waals surface area contributed by atoms with Crippen molar-refractivity contribution in [3.8, 4) is 0 Å². The van der Waals surface area contributed by atoms with E-state index >= 15 is 0 Å². The predicted octanol–water partition coefficient (Wildman–Crippen LogP) is 2.81. The second kappa shape index (κ2) is 8.75. The molecule has 1 N–H and O–H groups in total. The molecule has 1 aromatic rings. The van der Waals surface area contributed by atoms with Crippen molar-refractivity contribution in [2.45, 2.75) is 31.9 Å². The van der Waals surface area contributed by atoms with E-state index in [2.05, 4.69) is 5.18 Å². The highest BCUT2D eigenvalue weighted by Gasteiger charge is 2.40. The van der Waals surface area contributed by atoms with Gasteiger partial charge in [0.25, 0.3) is 0 Å². The summed E-state index contributed by atoms with van der Waals surface area (Å²) in [6.45, 7) is 3.88. The minimum Gasteiger partial charge on any atom is -0.481 e. The Morgan fingerprint density at radius 1 is 1.33 bits per heavy atom. The third kappa shape index (κ3) is 4.52. The number of rotatable bonds is 9. The van der Waals surface area contributed by atoms with Gasteiger partial charge >= 0.3 is 5.97 Å². The van der Waals surface area contributed by atoms with Crippen LogP contribution in [0.5, 0.6) is 0 Å². The molecule has 1 fully saturated rings. The molecule has 0 unspecified atom stereocenters. The number of ether oxygens (including phenoxy) is 2. The molecule has 2 rings (SSSR count). The second-order valence-electron chi connectivity index (χ2n) is 6.04. The number of nitroso groups, excluding NO2 is 1. The maximum atomic E-state index is 11.2. The van der Waals surface area contributed by atoms with Gasteiger partial charge in [-0.25, -0.2) is 0 Å². The zero-order chi connectivity index (χ0) is 17.5. The van der Waals surface area contributed by atoms with Crippen molar-refractivity contribution in [3.05, 3.63) is 29.2 Å². The molecule has 7 nitrogen and oxygen atoms in total. The van der Waals surface area contributed by atoms with Gasteiger partial charge in [0.1, 0.15) is 5.69 Å². The molecule has 7 heteroatoms. The third-order valence-corrected chi connectivity index (χ3v) is 4.47. The van der Waals surface area contributed by atoms with E-state index in [1.165, 1.54) is 0 Å². The van der Waals surface area contributed by atoms with Crippen LogP contribution in [0.25, 0.3) is 0 Å². The maximum absolute atomic E-state index is 11.2. The Kier molecular flexibility index (Phi) is 6.69. The molecule has 1 aliphatic rings. The first kappa shape index (κ1) is 18.4. The van der Waals surface area contributed by atoms with Crippen molar-refractivity contribution in [2.75, 3.05) is 31.8 Å². The number of carbonyl (C=O) groups is 1. The topological polar surface area (TPSA) is 88.4 Å². The molecule has 1 aromatic carbocycles. The van der Waals surface area contributed by atoms with Crippen LogP contribution < -0.4 is 4.90 Å². The lowest BCUT2D eigenvalue weighted by molar-refractivity contribution is -0.137. The Labute approximate surface area is 141 Å². The van der Waals surface area contributed by atoms with E-state index in [1.807, 2.05) is 11.8 Å². The van der Waals surface area contributed by atoms with Crippen LogP contribution in [0.2, 0.25) is 0 Å². The lowest BCUT2D eigenvalue weighted by Crippen LogP contribution is -2.34. The van der Waals surface area contributed by atoms with Crippen LogP contribution in [0.4, 0.5) is 11.4 Å². The molecule has 0 bridgehead atoms. The van der Waals surface area contributed by atoms with E-state index in [9.17, 15) is 14.8 Å². The van der Waals surface area contributed by atoms with Crippen molar-refractivity contribution in [1.29, 1.82) is 0 Å². The SMILES string of the molecule is COCCCO[C@H]1CN(c2ccc(N=O)cc2)[C@@H](CC(=O)O)[C@@H]1C. The standard InChI is InChI=1S/C17H24N2O5/c1-12-15(10-17(20)21)19(11-16(12)24-9-3-8-23-2)14-6-4-13(18-22)5-7-14/h4-7,12,15-16H,3,8-11H2,1-2H3,(H,20,21)/t12-,15-,16-/m0/s1. The van der Waals surface area contributed by atoms with Crippen molar-refractivity contribution in [1.82, 2.24) is 0 Å². The molecule has 1 aliphatic heterocycles. The summed E-state index contributed by atoms with van der Waals surface area (Å²) in [6, 6.07) is 6.72. The van der Waals surface area contributed by atoms with Gasteiger partial charge < -0.3 is 19.5 Å². The Hall–Kier alpha value is -1.99. The first-order valence-corrected chi connectivity index (χ1v) is 8.09. The fraction of sp³-hybridized carbons (Fsp3) is 0.588. The first-order valence-electron chi connectivity index (χ1n) is 8.09. The molecule has 3 atom stereocenters. The van der Waals surface area contributed by atoms with E-state index in [0.29, 0.717) is 25.4 Å². The quantitative estimate of drug-likeness (QED) is 0.551. The Morgan fingerprint density at radius 2 is 2.04 bits per heavy atom. The molecule has 132 valence electrons. The molecule has 0 amide bonds. The Balaban J connectivity index is 2.10. The first-order chi connectivity index (χ1) is 11.6.